The van der Waals surface area contributed by atoms with Crippen LogP contribution in [0.4, 0.5) is 0 Å². The van der Waals surface area contributed by atoms with Gasteiger partial charge in [-0.05, 0) is 24.3 Å². The Kier molecular flexibility index (Phi) is 6.92. The van der Waals surface area contributed by atoms with Crippen LogP contribution in [0, 0.1) is 0 Å². The number of ether oxygens (including phenoxy) is 1. The second-order valence-corrected chi connectivity index (χ2v) is 6.05. The molecule has 0 fully saturated rings. The van der Waals surface area contributed by atoms with Crippen molar-refractivity contribution in [2.45, 2.75) is 45.6 Å². The summed E-state index contributed by atoms with van der Waals surface area (Å²) in [6.07, 6.45) is 2.06. The van der Waals surface area contributed by atoms with Crippen molar-refractivity contribution in [2.24, 2.45) is 0 Å². The average Bonchev–Trinajstić information content (AvgIpc) is 3.26. The zero-order valence-corrected chi connectivity index (χ0v) is 14.6. The molecule has 0 unspecified atom stereocenters. The number of amides is 1. The highest BCUT2D eigenvalue weighted by atomic mass is 32.1. The molecule has 0 aliphatic heterocycles. The maximum atomic E-state index is 11.7. The first-order valence-electron chi connectivity index (χ1n) is 7.92. The standard InChI is InChI=1S/C16H21N3O4S/c1-3-12(4-2)17-13(20)9-22-15(21)6-5-14-18-16(19-23-14)11-7-8-24-10-11/h7-8,10,12H,3-6,9H2,1-2H3,(H,17,20). The predicted molar refractivity (Wildman–Crippen MR) is 89.4 cm³/mol. The number of carbonyl (C=O) groups excluding carboxylic acids is 2. The van der Waals surface area contributed by atoms with Gasteiger partial charge < -0.3 is 14.6 Å². The number of carbonyl (C=O) groups is 2. The Morgan fingerprint density at radius 3 is 2.83 bits per heavy atom. The van der Waals surface area contributed by atoms with Crippen molar-refractivity contribution in [3.63, 3.8) is 0 Å². The van der Waals surface area contributed by atoms with E-state index in [4.69, 9.17) is 9.26 Å². The van der Waals surface area contributed by atoms with Gasteiger partial charge in [-0.1, -0.05) is 19.0 Å². The first-order valence-corrected chi connectivity index (χ1v) is 8.86. The topological polar surface area (TPSA) is 94.3 Å². The van der Waals surface area contributed by atoms with E-state index in [1.807, 2.05) is 30.7 Å². The molecule has 2 heterocycles. The predicted octanol–water partition coefficient (Wildman–Crippen LogP) is 2.58. The maximum Gasteiger partial charge on any atom is 0.306 e. The molecule has 0 saturated carbocycles. The van der Waals surface area contributed by atoms with Crippen molar-refractivity contribution < 1.29 is 18.8 Å². The molecule has 0 saturated heterocycles. The maximum absolute atomic E-state index is 11.7. The molecule has 24 heavy (non-hydrogen) atoms. The van der Waals surface area contributed by atoms with E-state index in [9.17, 15) is 9.59 Å². The van der Waals surface area contributed by atoms with Crippen LogP contribution in [0.15, 0.2) is 21.3 Å². The molecule has 1 amide bonds. The van der Waals surface area contributed by atoms with Crippen molar-refractivity contribution in [2.75, 3.05) is 6.61 Å². The molecule has 0 spiro atoms. The summed E-state index contributed by atoms with van der Waals surface area (Å²) in [5.41, 5.74) is 0.885. The molecule has 2 aromatic heterocycles. The van der Waals surface area contributed by atoms with Crippen molar-refractivity contribution in [1.82, 2.24) is 15.5 Å². The highest BCUT2D eigenvalue weighted by Crippen LogP contribution is 2.18. The summed E-state index contributed by atoms with van der Waals surface area (Å²) in [6, 6.07) is 2.01. The molecular weight excluding hydrogens is 330 g/mol. The third-order valence-corrected chi connectivity index (χ3v) is 4.19. The fraction of sp³-hybridized carbons (Fsp3) is 0.500. The van der Waals surface area contributed by atoms with Crippen molar-refractivity contribution in [3.05, 3.63) is 22.7 Å². The number of hydrogen-bond donors (Lipinski definition) is 1. The Morgan fingerprint density at radius 1 is 1.38 bits per heavy atom. The number of nitrogens with one attached hydrogen (secondary N) is 1. The molecule has 0 aliphatic carbocycles. The van der Waals surface area contributed by atoms with E-state index in [1.165, 1.54) is 0 Å². The molecule has 0 aliphatic rings. The SMILES string of the molecule is CCC(CC)NC(=O)COC(=O)CCc1nc(-c2ccsc2)no1. The monoisotopic (exact) mass is 351 g/mol. The quantitative estimate of drug-likeness (QED) is 0.698. The molecule has 130 valence electrons. The highest BCUT2D eigenvalue weighted by Gasteiger charge is 2.14. The lowest BCUT2D eigenvalue weighted by Gasteiger charge is -2.14. The molecule has 7 nitrogen and oxygen atoms in total. The van der Waals surface area contributed by atoms with Crippen LogP contribution in [0.3, 0.4) is 0 Å². The molecule has 0 radical (unpaired) electrons. The molecule has 2 rings (SSSR count). The summed E-state index contributed by atoms with van der Waals surface area (Å²) in [7, 11) is 0. The van der Waals surface area contributed by atoms with Gasteiger partial charge >= 0.3 is 5.97 Å². The minimum absolute atomic E-state index is 0.0868. The van der Waals surface area contributed by atoms with Crippen LogP contribution in [0.1, 0.15) is 39.0 Å². The minimum Gasteiger partial charge on any atom is -0.456 e. The molecular formula is C16H21N3O4S. The first kappa shape index (κ1) is 18.1. The second-order valence-electron chi connectivity index (χ2n) is 5.27. The van der Waals surface area contributed by atoms with E-state index >= 15 is 0 Å². The van der Waals surface area contributed by atoms with Gasteiger partial charge in [-0.3, -0.25) is 9.59 Å². The number of nitrogens with zero attached hydrogens (tertiary/aromatic N) is 2. The summed E-state index contributed by atoms with van der Waals surface area (Å²) in [5.74, 6) is 0.123. The number of rotatable bonds is 9. The van der Waals surface area contributed by atoms with E-state index in [-0.39, 0.29) is 31.4 Å². The summed E-state index contributed by atoms with van der Waals surface area (Å²) >= 11 is 1.54. The fourth-order valence-corrected chi connectivity index (χ4v) is 2.69. The molecule has 2 aromatic rings. The third kappa shape index (κ3) is 5.45. The van der Waals surface area contributed by atoms with E-state index in [0.29, 0.717) is 11.7 Å². The van der Waals surface area contributed by atoms with Gasteiger partial charge in [-0.15, -0.1) is 0 Å². The van der Waals surface area contributed by atoms with E-state index in [0.717, 1.165) is 18.4 Å². The van der Waals surface area contributed by atoms with Crippen LogP contribution in [-0.2, 0) is 20.7 Å². The number of thiophene rings is 1. The lowest BCUT2D eigenvalue weighted by atomic mass is 10.2. The zero-order chi connectivity index (χ0) is 17.4. The van der Waals surface area contributed by atoms with E-state index < -0.39 is 5.97 Å². The molecule has 1 N–H and O–H groups in total. The van der Waals surface area contributed by atoms with Crippen molar-refractivity contribution in [1.29, 1.82) is 0 Å². The van der Waals surface area contributed by atoms with Gasteiger partial charge in [-0.25, -0.2) is 0 Å². The molecule has 0 bridgehead atoms. The zero-order valence-electron chi connectivity index (χ0n) is 13.8. The van der Waals surface area contributed by atoms with Gasteiger partial charge in [0, 0.05) is 23.4 Å². The van der Waals surface area contributed by atoms with Gasteiger partial charge in [0.1, 0.15) is 0 Å². The molecule has 0 aromatic carbocycles. The Bertz CT molecular complexity index is 650. The Morgan fingerprint density at radius 2 is 2.17 bits per heavy atom. The number of aryl methyl sites for hydroxylation is 1. The van der Waals surface area contributed by atoms with Gasteiger partial charge in [0.05, 0.1) is 6.42 Å². The first-order chi connectivity index (χ1) is 11.6. The fourth-order valence-electron chi connectivity index (χ4n) is 2.05. The lowest BCUT2D eigenvalue weighted by Crippen LogP contribution is -2.36. The van der Waals surface area contributed by atoms with Gasteiger partial charge in [-0.2, -0.15) is 16.3 Å². The summed E-state index contributed by atoms with van der Waals surface area (Å²) in [4.78, 5) is 27.6. The van der Waals surface area contributed by atoms with E-state index in [1.54, 1.807) is 11.3 Å². The normalized spacial score (nSPS) is 10.8. The lowest BCUT2D eigenvalue weighted by molar-refractivity contribution is -0.148. The van der Waals surface area contributed by atoms with Crippen LogP contribution in [0.2, 0.25) is 0 Å². The van der Waals surface area contributed by atoms with Crippen LogP contribution >= 0.6 is 11.3 Å². The molecule has 0 atom stereocenters. The summed E-state index contributed by atoms with van der Waals surface area (Å²) in [5, 5.41) is 10.5. The molecule has 8 heteroatoms. The largest absolute Gasteiger partial charge is 0.456 e. The van der Waals surface area contributed by atoms with Gasteiger partial charge in [0.25, 0.3) is 5.91 Å². The number of hydrogen-bond acceptors (Lipinski definition) is 7. The smallest absolute Gasteiger partial charge is 0.306 e. The van der Waals surface area contributed by atoms with Gasteiger partial charge in [0.2, 0.25) is 11.7 Å². The van der Waals surface area contributed by atoms with Crippen molar-refractivity contribution >= 4 is 23.2 Å². The Balaban J connectivity index is 1.71. The van der Waals surface area contributed by atoms with Gasteiger partial charge in [0.15, 0.2) is 6.61 Å². The van der Waals surface area contributed by atoms with Crippen LogP contribution in [0.25, 0.3) is 11.4 Å². The van der Waals surface area contributed by atoms with Crippen molar-refractivity contribution in [3.8, 4) is 11.4 Å². The number of aromatic nitrogens is 2. The average molecular weight is 351 g/mol. The Labute approximate surface area is 144 Å². The highest BCUT2D eigenvalue weighted by molar-refractivity contribution is 7.08. The van der Waals surface area contributed by atoms with Crippen LogP contribution in [0.5, 0.6) is 0 Å². The Hall–Kier alpha value is -2.22. The summed E-state index contributed by atoms with van der Waals surface area (Å²) in [6.45, 7) is 3.73. The van der Waals surface area contributed by atoms with Crippen LogP contribution in [-0.4, -0.2) is 34.7 Å². The number of esters is 1. The van der Waals surface area contributed by atoms with E-state index in [2.05, 4.69) is 15.5 Å². The summed E-state index contributed by atoms with van der Waals surface area (Å²) < 4.78 is 10.1. The minimum atomic E-state index is -0.468. The third-order valence-electron chi connectivity index (χ3n) is 3.51. The second kappa shape index (κ2) is 9.17. The van der Waals surface area contributed by atoms with Crippen LogP contribution < -0.4 is 5.32 Å².